The molecular weight excluding hydrogens is 268 g/mol. The summed E-state index contributed by atoms with van der Waals surface area (Å²) in [6, 6.07) is 21.8. The quantitative estimate of drug-likeness (QED) is 0.616. The average Bonchev–Trinajstić information content (AvgIpc) is 2.79. The maximum atomic E-state index is 2.44. The first-order valence-electron chi connectivity index (χ1n) is 7.77. The molecule has 0 amide bonds. The van der Waals surface area contributed by atoms with E-state index in [2.05, 4.69) is 91.4 Å². The van der Waals surface area contributed by atoms with Crippen molar-refractivity contribution in [2.45, 2.75) is 20.0 Å². The Morgan fingerprint density at radius 2 is 1.36 bits per heavy atom. The van der Waals surface area contributed by atoms with Crippen molar-refractivity contribution in [2.75, 3.05) is 16.8 Å². The molecule has 0 N–H and O–H groups in total. The van der Waals surface area contributed by atoms with Crippen LogP contribution < -0.4 is 9.80 Å². The van der Waals surface area contributed by atoms with Gasteiger partial charge in [-0.2, -0.15) is 0 Å². The Labute approximate surface area is 131 Å². The molecule has 0 bridgehead atoms. The molecule has 1 heterocycles. The Morgan fingerprint density at radius 1 is 0.773 bits per heavy atom. The lowest BCUT2D eigenvalue weighted by Gasteiger charge is -2.29. The van der Waals surface area contributed by atoms with E-state index in [0.717, 1.165) is 0 Å². The van der Waals surface area contributed by atoms with Gasteiger partial charge in [0, 0.05) is 12.7 Å². The summed E-state index contributed by atoms with van der Waals surface area (Å²) in [5.41, 5.74) is 5.19. The van der Waals surface area contributed by atoms with Crippen LogP contribution in [0.4, 0.5) is 17.1 Å². The number of aryl methyl sites for hydroxylation is 1. The van der Waals surface area contributed by atoms with Gasteiger partial charge in [-0.1, -0.05) is 36.4 Å². The van der Waals surface area contributed by atoms with Crippen LogP contribution in [0.2, 0.25) is 0 Å². The molecular formula is C20H20N2. The van der Waals surface area contributed by atoms with Crippen LogP contribution in [0.25, 0.3) is 10.8 Å². The van der Waals surface area contributed by atoms with Crippen molar-refractivity contribution in [1.82, 2.24) is 0 Å². The molecule has 2 nitrogen and oxygen atoms in total. The summed E-state index contributed by atoms with van der Waals surface area (Å²) < 4.78 is 0. The second-order valence-electron chi connectivity index (χ2n) is 6.09. The summed E-state index contributed by atoms with van der Waals surface area (Å²) in [6.45, 7) is 4.46. The summed E-state index contributed by atoms with van der Waals surface area (Å²) in [7, 11) is 2.17. The highest BCUT2D eigenvalue weighted by Gasteiger charge is 2.31. The third-order valence-electron chi connectivity index (χ3n) is 4.78. The van der Waals surface area contributed by atoms with Crippen LogP contribution in [0.1, 0.15) is 12.5 Å². The number of hydrogen-bond donors (Lipinski definition) is 0. The number of fused-ring (bicyclic) bond motifs is 2. The van der Waals surface area contributed by atoms with Crippen LogP contribution >= 0.6 is 0 Å². The van der Waals surface area contributed by atoms with Crippen LogP contribution in [0.5, 0.6) is 0 Å². The minimum atomic E-state index is 0.317. The molecule has 1 aliphatic rings. The average molecular weight is 288 g/mol. The minimum Gasteiger partial charge on any atom is -0.353 e. The van der Waals surface area contributed by atoms with Crippen molar-refractivity contribution >= 4 is 27.8 Å². The van der Waals surface area contributed by atoms with E-state index in [0.29, 0.717) is 6.17 Å². The van der Waals surface area contributed by atoms with Gasteiger partial charge in [-0.05, 0) is 54.4 Å². The first kappa shape index (κ1) is 13.2. The molecule has 3 aromatic carbocycles. The van der Waals surface area contributed by atoms with Gasteiger partial charge in [-0.15, -0.1) is 0 Å². The van der Waals surface area contributed by atoms with Crippen LogP contribution in [-0.4, -0.2) is 13.2 Å². The number of anilines is 3. The van der Waals surface area contributed by atoms with Crippen molar-refractivity contribution in [1.29, 1.82) is 0 Å². The molecule has 3 aromatic rings. The van der Waals surface area contributed by atoms with E-state index < -0.39 is 0 Å². The first-order valence-corrected chi connectivity index (χ1v) is 7.77. The Bertz CT molecular complexity index is 853. The second kappa shape index (κ2) is 4.77. The number of para-hydroxylation sites is 2. The molecule has 0 fully saturated rings. The molecule has 0 aliphatic carbocycles. The zero-order valence-corrected chi connectivity index (χ0v) is 13.2. The van der Waals surface area contributed by atoms with E-state index in [9.17, 15) is 0 Å². The van der Waals surface area contributed by atoms with Crippen LogP contribution in [0.15, 0.2) is 60.7 Å². The van der Waals surface area contributed by atoms with Gasteiger partial charge >= 0.3 is 0 Å². The summed E-state index contributed by atoms with van der Waals surface area (Å²) in [4.78, 5) is 4.78. The van der Waals surface area contributed by atoms with E-state index in [1.54, 1.807) is 0 Å². The summed E-state index contributed by atoms with van der Waals surface area (Å²) in [5.74, 6) is 0. The highest BCUT2D eigenvalue weighted by atomic mass is 15.4. The molecule has 0 aromatic heterocycles. The first-order chi connectivity index (χ1) is 10.7. The highest BCUT2D eigenvalue weighted by Crippen LogP contribution is 2.44. The minimum absolute atomic E-state index is 0.317. The predicted octanol–water partition coefficient (Wildman–Crippen LogP) is 5.08. The van der Waals surface area contributed by atoms with Gasteiger partial charge in [0.1, 0.15) is 6.17 Å². The summed E-state index contributed by atoms with van der Waals surface area (Å²) in [6.07, 6.45) is 0.317. The monoisotopic (exact) mass is 288 g/mol. The smallest absolute Gasteiger partial charge is 0.103 e. The van der Waals surface area contributed by atoms with E-state index in [-0.39, 0.29) is 0 Å². The lowest BCUT2D eigenvalue weighted by molar-refractivity contribution is 0.733. The van der Waals surface area contributed by atoms with Crippen LogP contribution in [-0.2, 0) is 0 Å². The highest BCUT2D eigenvalue weighted by molar-refractivity contribution is 5.91. The summed E-state index contributed by atoms with van der Waals surface area (Å²) >= 11 is 0. The van der Waals surface area contributed by atoms with Gasteiger partial charge in [0.25, 0.3) is 0 Å². The fourth-order valence-corrected chi connectivity index (χ4v) is 3.47. The third-order valence-corrected chi connectivity index (χ3v) is 4.78. The van der Waals surface area contributed by atoms with Gasteiger partial charge in [0.05, 0.1) is 11.4 Å². The van der Waals surface area contributed by atoms with Gasteiger partial charge < -0.3 is 9.80 Å². The molecule has 0 spiro atoms. The SMILES string of the molecule is Cc1cc2ccccc2cc1N1c2ccccc2N(C)C1C. The lowest BCUT2D eigenvalue weighted by atomic mass is 10.0. The van der Waals surface area contributed by atoms with E-state index in [1.165, 1.54) is 33.4 Å². The molecule has 4 rings (SSSR count). The normalized spacial score (nSPS) is 17.1. The number of rotatable bonds is 1. The predicted molar refractivity (Wildman–Crippen MR) is 95.1 cm³/mol. The second-order valence-corrected chi connectivity index (χ2v) is 6.09. The molecule has 22 heavy (non-hydrogen) atoms. The third kappa shape index (κ3) is 1.80. The standard InChI is InChI=1S/C20H20N2/c1-14-12-16-8-4-5-9-17(16)13-20(14)22-15(2)21(3)18-10-6-7-11-19(18)22/h4-13,15H,1-3H3. The molecule has 1 aliphatic heterocycles. The van der Waals surface area contributed by atoms with E-state index in [4.69, 9.17) is 0 Å². The molecule has 0 radical (unpaired) electrons. The fourth-order valence-electron chi connectivity index (χ4n) is 3.47. The van der Waals surface area contributed by atoms with Crippen molar-refractivity contribution in [3.8, 4) is 0 Å². The maximum absolute atomic E-state index is 2.44. The zero-order chi connectivity index (χ0) is 15.3. The lowest BCUT2D eigenvalue weighted by Crippen LogP contribution is -2.35. The number of nitrogens with zero attached hydrogens (tertiary/aromatic N) is 2. The van der Waals surface area contributed by atoms with Crippen molar-refractivity contribution in [3.05, 3.63) is 66.2 Å². The molecule has 1 unspecified atom stereocenters. The molecule has 0 saturated heterocycles. The fraction of sp³-hybridized carbons (Fsp3) is 0.200. The molecule has 110 valence electrons. The Balaban J connectivity index is 1.93. The largest absolute Gasteiger partial charge is 0.353 e. The van der Waals surface area contributed by atoms with Crippen LogP contribution in [0, 0.1) is 6.92 Å². The number of benzene rings is 3. The van der Waals surface area contributed by atoms with Gasteiger partial charge in [0.2, 0.25) is 0 Å². The molecule has 0 saturated carbocycles. The zero-order valence-electron chi connectivity index (χ0n) is 13.2. The van der Waals surface area contributed by atoms with Crippen molar-refractivity contribution in [3.63, 3.8) is 0 Å². The number of hydrogen-bond acceptors (Lipinski definition) is 2. The molecule has 1 atom stereocenters. The Kier molecular flexibility index (Phi) is 2.86. The topological polar surface area (TPSA) is 6.48 Å². The maximum Gasteiger partial charge on any atom is 0.103 e. The van der Waals surface area contributed by atoms with E-state index in [1.807, 2.05) is 0 Å². The summed E-state index contributed by atoms with van der Waals surface area (Å²) in [5, 5.41) is 2.60. The molecule has 2 heteroatoms. The van der Waals surface area contributed by atoms with E-state index >= 15 is 0 Å². The van der Waals surface area contributed by atoms with Gasteiger partial charge in [0.15, 0.2) is 0 Å². The Morgan fingerprint density at radius 3 is 2.09 bits per heavy atom. The van der Waals surface area contributed by atoms with Crippen LogP contribution in [0.3, 0.4) is 0 Å². The van der Waals surface area contributed by atoms with Gasteiger partial charge in [-0.25, -0.2) is 0 Å². The van der Waals surface area contributed by atoms with Crippen molar-refractivity contribution < 1.29 is 0 Å². The van der Waals surface area contributed by atoms with Crippen molar-refractivity contribution in [2.24, 2.45) is 0 Å². The Hall–Kier alpha value is -2.48. The van der Waals surface area contributed by atoms with Gasteiger partial charge in [-0.3, -0.25) is 0 Å².